The first-order valence-electron chi connectivity index (χ1n) is 8.27. The van der Waals surface area contributed by atoms with E-state index < -0.39 is 5.60 Å². The van der Waals surface area contributed by atoms with Crippen LogP contribution in [0.1, 0.15) is 23.6 Å². The Morgan fingerprint density at radius 1 is 1.17 bits per heavy atom. The summed E-state index contributed by atoms with van der Waals surface area (Å²) in [7, 11) is 0. The number of nitrogens with zero attached hydrogens (tertiary/aromatic N) is 2. The molecule has 2 aliphatic rings. The summed E-state index contributed by atoms with van der Waals surface area (Å²) < 4.78 is 11.7. The summed E-state index contributed by atoms with van der Waals surface area (Å²) in [5.41, 5.74) is 2.14. The molecule has 1 aromatic heterocycles. The lowest BCUT2D eigenvalue weighted by molar-refractivity contribution is -0.160. The number of aromatic nitrogens is 1. The van der Waals surface area contributed by atoms with E-state index in [1.807, 2.05) is 42.2 Å². The second kappa shape index (κ2) is 5.91. The first-order chi connectivity index (χ1) is 11.7. The highest BCUT2D eigenvalue weighted by Crippen LogP contribution is 2.35. The van der Waals surface area contributed by atoms with E-state index in [0.717, 1.165) is 17.5 Å². The van der Waals surface area contributed by atoms with Crippen LogP contribution in [0.3, 0.4) is 0 Å². The molecule has 2 aromatic rings. The third-order valence-corrected chi connectivity index (χ3v) is 4.80. The molecule has 0 bridgehead atoms. The number of carbonyl (C=O) groups excluding carboxylic acids is 1. The van der Waals surface area contributed by atoms with Crippen LogP contribution < -0.4 is 4.74 Å². The molecule has 2 aliphatic heterocycles. The van der Waals surface area contributed by atoms with Crippen molar-refractivity contribution in [1.82, 2.24) is 9.88 Å². The Bertz CT molecular complexity index is 777. The topological polar surface area (TPSA) is 51.7 Å². The summed E-state index contributed by atoms with van der Waals surface area (Å²) in [6.45, 7) is 3.89. The fourth-order valence-corrected chi connectivity index (χ4v) is 3.51. The van der Waals surface area contributed by atoms with Gasteiger partial charge in [0.1, 0.15) is 6.61 Å². The van der Waals surface area contributed by atoms with Crippen molar-refractivity contribution in [2.45, 2.75) is 25.5 Å². The maximum absolute atomic E-state index is 13.3. The molecular weight excluding hydrogens is 304 g/mol. The van der Waals surface area contributed by atoms with Gasteiger partial charge in [-0.25, -0.2) is 4.98 Å². The van der Waals surface area contributed by atoms with Crippen LogP contribution >= 0.6 is 0 Å². The summed E-state index contributed by atoms with van der Waals surface area (Å²) in [5.74, 6) is 0.595. The SMILES string of the molecule is CC1(C(=O)N2CCOc3ncccc3C2)OCCc2ccccc21. The highest BCUT2D eigenvalue weighted by atomic mass is 16.5. The van der Waals surface area contributed by atoms with Crippen LogP contribution in [-0.2, 0) is 28.1 Å². The molecule has 1 aromatic carbocycles. The van der Waals surface area contributed by atoms with Crippen LogP contribution in [0.2, 0.25) is 0 Å². The summed E-state index contributed by atoms with van der Waals surface area (Å²) >= 11 is 0. The highest BCUT2D eigenvalue weighted by Gasteiger charge is 2.43. The van der Waals surface area contributed by atoms with Crippen LogP contribution in [0.5, 0.6) is 5.88 Å². The van der Waals surface area contributed by atoms with Crippen LogP contribution in [0.4, 0.5) is 0 Å². The van der Waals surface area contributed by atoms with Crippen LogP contribution in [0.15, 0.2) is 42.6 Å². The molecule has 5 nitrogen and oxygen atoms in total. The lowest BCUT2D eigenvalue weighted by atomic mass is 9.86. The normalized spacial score (nSPS) is 22.8. The quantitative estimate of drug-likeness (QED) is 0.808. The third-order valence-electron chi connectivity index (χ3n) is 4.80. The van der Waals surface area contributed by atoms with Gasteiger partial charge in [-0.15, -0.1) is 0 Å². The van der Waals surface area contributed by atoms with Crippen molar-refractivity contribution in [2.75, 3.05) is 19.8 Å². The van der Waals surface area contributed by atoms with Gasteiger partial charge in [0, 0.05) is 11.8 Å². The molecule has 0 spiro atoms. The Hall–Kier alpha value is -2.40. The van der Waals surface area contributed by atoms with Crippen molar-refractivity contribution in [3.05, 3.63) is 59.3 Å². The Kier molecular flexibility index (Phi) is 3.73. The predicted molar refractivity (Wildman–Crippen MR) is 88.6 cm³/mol. The lowest BCUT2D eigenvalue weighted by Crippen LogP contribution is -2.49. The average molecular weight is 324 g/mol. The number of hydrogen-bond acceptors (Lipinski definition) is 4. The van der Waals surface area contributed by atoms with Crippen molar-refractivity contribution in [1.29, 1.82) is 0 Å². The second-order valence-electron chi connectivity index (χ2n) is 6.33. The monoisotopic (exact) mass is 324 g/mol. The van der Waals surface area contributed by atoms with E-state index in [2.05, 4.69) is 11.1 Å². The molecule has 0 fully saturated rings. The molecular formula is C19H20N2O3. The van der Waals surface area contributed by atoms with E-state index >= 15 is 0 Å². The smallest absolute Gasteiger partial charge is 0.259 e. The molecule has 0 N–H and O–H groups in total. The zero-order chi connectivity index (χ0) is 16.6. The molecule has 0 saturated carbocycles. The van der Waals surface area contributed by atoms with Gasteiger partial charge in [0.2, 0.25) is 5.88 Å². The zero-order valence-electron chi connectivity index (χ0n) is 13.7. The number of pyridine rings is 1. The lowest BCUT2D eigenvalue weighted by Gasteiger charge is -2.38. The molecule has 124 valence electrons. The van der Waals surface area contributed by atoms with Gasteiger partial charge in [-0.1, -0.05) is 30.3 Å². The highest BCUT2D eigenvalue weighted by molar-refractivity contribution is 5.87. The molecule has 0 aliphatic carbocycles. The zero-order valence-corrected chi connectivity index (χ0v) is 13.7. The third kappa shape index (κ3) is 2.45. The van der Waals surface area contributed by atoms with E-state index in [1.54, 1.807) is 6.20 Å². The minimum absolute atomic E-state index is 0.0186. The Morgan fingerprint density at radius 2 is 2.00 bits per heavy atom. The first-order valence-corrected chi connectivity index (χ1v) is 8.27. The molecule has 5 heteroatoms. The van der Waals surface area contributed by atoms with Gasteiger partial charge in [0.25, 0.3) is 5.91 Å². The Labute approximate surface area is 141 Å². The van der Waals surface area contributed by atoms with Crippen LogP contribution in [-0.4, -0.2) is 35.5 Å². The summed E-state index contributed by atoms with van der Waals surface area (Å²) in [5, 5.41) is 0. The van der Waals surface area contributed by atoms with Crippen molar-refractivity contribution in [2.24, 2.45) is 0 Å². The van der Waals surface area contributed by atoms with Gasteiger partial charge >= 0.3 is 0 Å². The molecule has 1 atom stereocenters. The summed E-state index contributed by atoms with van der Waals surface area (Å²) in [4.78, 5) is 19.4. The van der Waals surface area contributed by atoms with Gasteiger partial charge in [0.05, 0.1) is 19.7 Å². The van der Waals surface area contributed by atoms with E-state index in [1.165, 1.54) is 5.56 Å². The van der Waals surface area contributed by atoms with Gasteiger partial charge in [-0.2, -0.15) is 0 Å². The van der Waals surface area contributed by atoms with Gasteiger partial charge < -0.3 is 14.4 Å². The molecule has 24 heavy (non-hydrogen) atoms. The van der Waals surface area contributed by atoms with E-state index in [9.17, 15) is 4.79 Å². The van der Waals surface area contributed by atoms with E-state index in [0.29, 0.717) is 32.2 Å². The number of ether oxygens (including phenoxy) is 2. The number of rotatable bonds is 1. The van der Waals surface area contributed by atoms with Crippen molar-refractivity contribution in [3.8, 4) is 5.88 Å². The van der Waals surface area contributed by atoms with Gasteiger partial charge in [0.15, 0.2) is 5.60 Å². The van der Waals surface area contributed by atoms with E-state index in [4.69, 9.17) is 9.47 Å². The summed E-state index contributed by atoms with van der Waals surface area (Å²) in [6.07, 6.45) is 2.55. The maximum atomic E-state index is 13.3. The number of hydrogen-bond donors (Lipinski definition) is 0. The average Bonchev–Trinajstić information content (AvgIpc) is 2.84. The fraction of sp³-hybridized carbons (Fsp3) is 0.368. The Balaban J connectivity index is 1.67. The number of carbonyl (C=O) groups is 1. The van der Waals surface area contributed by atoms with Crippen molar-refractivity contribution < 1.29 is 14.3 Å². The van der Waals surface area contributed by atoms with Gasteiger partial charge in [-0.05, 0) is 30.5 Å². The first kappa shape index (κ1) is 15.1. The number of fused-ring (bicyclic) bond motifs is 2. The fourth-order valence-electron chi connectivity index (χ4n) is 3.51. The minimum atomic E-state index is -0.943. The second-order valence-corrected chi connectivity index (χ2v) is 6.33. The number of amides is 1. The van der Waals surface area contributed by atoms with Gasteiger partial charge in [-0.3, -0.25) is 4.79 Å². The maximum Gasteiger partial charge on any atom is 0.259 e. The molecule has 3 heterocycles. The molecule has 1 amide bonds. The molecule has 0 radical (unpaired) electrons. The van der Waals surface area contributed by atoms with Crippen molar-refractivity contribution in [3.63, 3.8) is 0 Å². The molecule has 1 unspecified atom stereocenters. The van der Waals surface area contributed by atoms with Crippen LogP contribution in [0, 0.1) is 0 Å². The predicted octanol–water partition coefficient (Wildman–Crippen LogP) is 2.29. The minimum Gasteiger partial charge on any atom is -0.476 e. The summed E-state index contributed by atoms with van der Waals surface area (Å²) in [6, 6.07) is 11.9. The molecule has 0 saturated heterocycles. The van der Waals surface area contributed by atoms with E-state index in [-0.39, 0.29) is 5.91 Å². The van der Waals surface area contributed by atoms with Crippen LogP contribution in [0.25, 0.3) is 0 Å². The largest absolute Gasteiger partial charge is 0.476 e. The molecule has 4 rings (SSSR count). The van der Waals surface area contributed by atoms with Crippen molar-refractivity contribution >= 4 is 5.91 Å². The Morgan fingerprint density at radius 3 is 2.92 bits per heavy atom. The standard InChI is InChI=1S/C19H20N2O3/c1-19(16-7-3-2-5-14(16)8-11-24-19)18(22)21-10-12-23-17-15(13-21)6-4-9-20-17/h2-7,9H,8,10-13H2,1H3. The number of benzene rings is 1.